The van der Waals surface area contributed by atoms with E-state index in [9.17, 15) is 14.0 Å². The summed E-state index contributed by atoms with van der Waals surface area (Å²) in [7, 11) is 0. The third kappa shape index (κ3) is 6.62. The standard InChI is InChI=1S/C20H24FN3O3/c1-14(2)27-18-10-6-3-7-15(18)13-24-20(26)23-12-11-22-19(25)16-8-4-5-9-17(16)21/h3-10,14H,11-13H2,1-2H3,(H,22,25)(H2,23,24,26). The minimum atomic E-state index is -0.581. The van der Waals surface area contributed by atoms with E-state index in [0.29, 0.717) is 6.54 Å². The minimum absolute atomic E-state index is 0.0243. The van der Waals surface area contributed by atoms with Crippen molar-refractivity contribution in [2.45, 2.75) is 26.5 Å². The quantitative estimate of drug-likeness (QED) is 0.623. The molecule has 2 rings (SSSR count). The molecule has 0 heterocycles. The first-order valence-corrected chi connectivity index (χ1v) is 8.76. The van der Waals surface area contributed by atoms with E-state index < -0.39 is 11.7 Å². The van der Waals surface area contributed by atoms with Crippen LogP contribution in [0.2, 0.25) is 0 Å². The molecule has 2 aromatic carbocycles. The fourth-order valence-electron chi connectivity index (χ4n) is 2.35. The van der Waals surface area contributed by atoms with Crippen molar-refractivity contribution in [3.8, 4) is 5.75 Å². The SMILES string of the molecule is CC(C)Oc1ccccc1CNC(=O)NCCNC(=O)c1ccccc1F. The first-order chi connectivity index (χ1) is 13.0. The third-order valence-electron chi connectivity index (χ3n) is 3.59. The van der Waals surface area contributed by atoms with Crippen LogP contribution in [0.4, 0.5) is 9.18 Å². The predicted molar refractivity (Wildman–Crippen MR) is 101 cm³/mol. The van der Waals surface area contributed by atoms with Gasteiger partial charge in [-0.1, -0.05) is 30.3 Å². The summed E-state index contributed by atoms with van der Waals surface area (Å²) in [6, 6.07) is 12.9. The lowest BCUT2D eigenvalue weighted by Gasteiger charge is -2.15. The number of ether oxygens (including phenoxy) is 1. The number of nitrogens with one attached hydrogen (secondary N) is 3. The smallest absolute Gasteiger partial charge is 0.315 e. The van der Waals surface area contributed by atoms with Gasteiger partial charge < -0.3 is 20.7 Å². The fraction of sp³-hybridized carbons (Fsp3) is 0.300. The van der Waals surface area contributed by atoms with E-state index >= 15 is 0 Å². The van der Waals surface area contributed by atoms with Crippen molar-refractivity contribution in [2.75, 3.05) is 13.1 Å². The summed E-state index contributed by atoms with van der Waals surface area (Å²) in [4.78, 5) is 23.7. The Morgan fingerprint density at radius 3 is 2.37 bits per heavy atom. The highest BCUT2D eigenvalue weighted by atomic mass is 19.1. The summed E-state index contributed by atoms with van der Waals surface area (Å²) in [6.45, 7) is 4.60. The fourth-order valence-corrected chi connectivity index (χ4v) is 2.35. The molecule has 0 aliphatic carbocycles. The number of carbonyl (C=O) groups excluding carboxylic acids is 2. The highest BCUT2D eigenvalue weighted by Crippen LogP contribution is 2.18. The van der Waals surface area contributed by atoms with Crippen LogP contribution in [-0.4, -0.2) is 31.1 Å². The molecule has 144 valence electrons. The maximum Gasteiger partial charge on any atom is 0.315 e. The first-order valence-electron chi connectivity index (χ1n) is 8.76. The van der Waals surface area contributed by atoms with Crippen LogP contribution in [0.1, 0.15) is 29.8 Å². The van der Waals surface area contributed by atoms with Crippen LogP contribution < -0.4 is 20.7 Å². The van der Waals surface area contributed by atoms with Gasteiger partial charge in [0.05, 0.1) is 11.7 Å². The third-order valence-corrected chi connectivity index (χ3v) is 3.59. The lowest BCUT2D eigenvalue weighted by atomic mass is 10.2. The zero-order valence-corrected chi connectivity index (χ0v) is 15.4. The zero-order chi connectivity index (χ0) is 19.6. The predicted octanol–water partition coefficient (Wildman–Crippen LogP) is 2.84. The highest BCUT2D eigenvalue weighted by Gasteiger charge is 2.10. The zero-order valence-electron chi connectivity index (χ0n) is 15.4. The Kier molecular flexibility index (Phi) is 7.61. The van der Waals surface area contributed by atoms with Crippen molar-refractivity contribution in [1.29, 1.82) is 0 Å². The number of para-hydroxylation sites is 1. The Labute approximate surface area is 158 Å². The van der Waals surface area contributed by atoms with Crippen molar-refractivity contribution in [2.24, 2.45) is 0 Å². The van der Waals surface area contributed by atoms with Gasteiger partial charge in [0.15, 0.2) is 0 Å². The number of urea groups is 1. The molecule has 0 aromatic heterocycles. The van der Waals surface area contributed by atoms with E-state index in [-0.39, 0.29) is 30.8 Å². The molecule has 0 spiro atoms. The van der Waals surface area contributed by atoms with Crippen LogP contribution in [0.5, 0.6) is 5.75 Å². The summed E-state index contributed by atoms with van der Waals surface area (Å²) in [5.41, 5.74) is 0.845. The molecule has 7 heteroatoms. The van der Waals surface area contributed by atoms with Crippen molar-refractivity contribution in [3.05, 3.63) is 65.5 Å². The van der Waals surface area contributed by atoms with Gasteiger partial charge in [-0.15, -0.1) is 0 Å². The number of carbonyl (C=O) groups is 2. The summed E-state index contributed by atoms with van der Waals surface area (Å²) in [5.74, 6) is -0.372. The number of hydrogen-bond donors (Lipinski definition) is 3. The Bertz CT molecular complexity index is 781. The summed E-state index contributed by atoms with van der Waals surface area (Å²) >= 11 is 0. The van der Waals surface area contributed by atoms with E-state index in [4.69, 9.17) is 4.74 Å². The lowest BCUT2D eigenvalue weighted by molar-refractivity contribution is 0.0950. The molecular formula is C20H24FN3O3. The second-order valence-electron chi connectivity index (χ2n) is 6.12. The number of amides is 3. The Morgan fingerprint density at radius 1 is 0.963 bits per heavy atom. The van der Waals surface area contributed by atoms with Crippen LogP contribution in [0.25, 0.3) is 0 Å². The average molecular weight is 373 g/mol. The Morgan fingerprint density at radius 2 is 1.63 bits per heavy atom. The van der Waals surface area contributed by atoms with Crippen LogP contribution in [0.15, 0.2) is 48.5 Å². The summed E-state index contributed by atoms with van der Waals surface area (Å²) < 4.78 is 19.2. The van der Waals surface area contributed by atoms with Gasteiger partial charge in [0.1, 0.15) is 11.6 Å². The molecule has 0 atom stereocenters. The molecule has 27 heavy (non-hydrogen) atoms. The van der Waals surface area contributed by atoms with E-state index in [2.05, 4.69) is 16.0 Å². The maximum atomic E-state index is 13.5. The van der Waals surface area contributed by atoms with E-state index in [1.54, 1.807) is 6.07 Å². The van der Waals surface area contributed by atoms with Gasteiger partial charge in [0.25, 0.3) is 5.91 Å². The van der Waals surface area contributed by atoms with Crippen molar-refractivity contribution >= 4 is 11.9 Å². The van der Waals surface area contributed by atoms with Crippen LogP contribution in [0.3, 0.4) is 0 Å². The van der Waals surface area contributed by atoms with Gasteiger partial charge in [-0.3, -0.25) is 4.79 Å². The highest BCUT2D eigenvalue weighted by molar-refractivity contribution is 5.94. The largest absolute Gasteiger partial charge is 0.491 e. The number of halogens is 1. The normalized spacial score (nSPS) is 10.4. The second-order valence-corrected chi connectivity index (χ2v) is 6.12. The van der Waals surface area contributed by atoms with Crippen molar-refractivity contribution in [3.63, 3.8) is 0 Å². The summed E-state index contributed by atoms with van der Waals surface area (Å²) in [6.07, 6.45) is 0.0399. The summed E-state index contributed by atoms with van der Waals surface area (Å²) in [5, 5.41) is 7.93. The van der Waals surface area contributed by atoms with Gasteiger partial charge in [-0.2, -0.15) is 0 Å². The monoisotopic (exact) mass is 373 g/mol. The molecule has 0 fully saturated rings. The van der Waals surface area contributed by atoms with Crippen molar-refractivity contribution in [1.82, 2.24) is 16.0 Å². The maximum absolute atomic E-state index is 13.5. The van der Waals surface area contributed by atoms with Crippen molar-refractivity contribution < 1.29 is 18.7 Å². The lowest BCUT2D eigenvalue weighted by Crippen LogP contribution is -2.40. The second kappa shape index (κ2) is 10.2. The molecular weight excluding hydrogens is 349 g/mol. The average Bonchev–Trinajstić information content (AvgIpc) is 2.64. The van der Waals surface area contributed by atoms with Gasteiger partial charge >= 0.3 is 6.03 Å². The van der Waals surface area contributed by atoms with E-state index in [0.717, 1.165) is 11.3 Å². The molecule has 6 nitrogen and oxygen atoms in total. The van der Waals surface area contributed by atoms with E-state index in [1.807, 2.05) is 38.1 Å². The van der Waals surface area contributed by atoms with Gasteiger partial charge in [0, 0.05) is 25.2 Å². The van der Waals surface area contributed by atoms with Gasteiger partial charge in [-0.25, -0.2) is 9.18 Å². The molecule has 3 N–H and O–H groups in total. The Hall–Kier alpha value is -3.09. The number of hydrogen-bond acceptors (Lipinski definition) is 3. The van der Waals surface area contributed by atoms with Crippen LogP contribution in [0, 0.1) is 5.82 Å². The number of benzene rings is 2. The molecule has 3 amide bonds. The van der Waals surface area contributed by atoms with E-state index in [1.165, 1.54) is 18.2 Å². The molecule has 0 saturated heterocycles. The minimum Gasteiger partial charge on any atom is -0.491 e. The molecule has 0 aliphatic rings. The number of rotatable bonds is 8. The molecule has 0 aliphatic heterocycles. The topological polar surface area (TPSA) is 79.5 Å². The van der Waals surface area contributed by atoms with Crippen LogP contribution >= 0.6 is 0 Å². The molecule has 0 unspecified atom stereocenters. The van der Waals surface area contributed by atoms with Gasteiger partial charge in [-0.05, 0) is 32.0 Å². The first kappa shape index (κ1) is 20.2. The molecule has 2 aromatic rings. The molecule has 0 saturated carbocycles. The van der Waals surface area contributed by atoms with Crippen LogP contribution in [-0.2, 0) is 6.54 Å². The molecule has 0 bridgehead atoms. The van der Waals surface area contributed by atoms with Gasteiger partial charge in [0.2, 0.25) is 0 Å². The molecule has 0 radical (unpaired) electrons. The Balaban J connectivity index is 1.71.